The molecule has 0 atom stereocenters. The summed E-state index contributed by atoms with van der Waals surface area (Å²) in [6, 6.07) is 64.9. The highest BCUT2D eigenvalue weighted by Gasteiger charge is 2.27. The standard InChI is InChI=1S/C74H65N3O2/c1-42-27-62(28-43(2)50(42)9)75(63-29-44(3)51(10)45(4)30-63)60-25-23-54-37-66-67-41-69(77(58-19-15-13-16-20-58)59-21-17-14-18-22-59)74-72(73(67)78-70(66)39-56(54)35-60)68-38-55-24-26-61(36-57(55)40-71(68)79-74)76(64-31-46(5)52(11)47(6)32-64)65-33-48(7)53(12)49(8)34-65/h13-41H,1-12H3. The Morgan fingerprint density at radius 3 is 1.00 bits per heavy atom. The summed E-state index contributed by atoms with van der Waals surface area (Å²) in [6.07, 6.45) is 0. The van der Waals surface area contributed by atoms with Gasteiger partial charge in [0.25, 0.3) is 0 Å². The Morgan fingerprint density at radius 1 is 0.253 bits per heavy atom. The molecule has 0 radical (unpaired) electrons. The maximum absolute atomic E-state index is 7.31. The number of benzene rings is 11. The molecule has 0 aliphatic heterocycles. The van der Waals surface area contributed by atoms with Crippen molar-refractivity contribution < 1.29 is 8.83 Å². The largest absolute Gasteiger partial charge is 0.455 e. The number of hydrogen-bond acceptors (Lipinski definition) is 5. The maximum atomic E-state index is 7.31. The number of hydrogen-bond donors (Lipinski definition) is 0. The van der Waals surface area contributed by atoms with E-state index in [0.29, 0.717) is 0 Å². The van der Waals surface area contributed by atoms with E-state index in [1.807, 2.05) is 0 Å². The minimum Gasteiger partial charge on any atom is -0.455 e. The van der Waals surface area contributed by atoms with E-state index in [0.717, 1.165) is 117 Å². The SMILES string of the molecule is Cc1cc(N(c2cc(C)c(C)c(C)c2)c2ccc3cc4c(cc3c2)oc2c4cc(N(c3ccccc3)c3ccccc3)c3oc4cc5cc(N(c6cc(C)c(C)c(C)c6)c6cc(C)c(C)c(C)c6)ccc5cc4c32)cc(C)c1C. The van der Waals surface area contributed by atoms with Gasteiger partial charge in [-0.3, -0.25) is 0 Å². The monoisotopic (exact) mass is 1030 g/mol. The van der Waals surface area contributed by atoms with Crippen molar-refractivity contribution in [3.8, 4) is 0 Å². The summed E-state index contributed by atoms with van der Waals surface area (Å²) in [5.74, 6) is 0. The van der Waals surface area contributed by atoms with Gasteiger partial charge in [0.15, 0.2) is 5.58 Å². The summed E-state index contributed by atoms with van der Waals surface area (Å²) in [5, 5.41) is 8.47. The van der Waals surface area contributed by atoms with Crippen molar-refractivity contribution in [2.45, 2.75) is 83.1 Å². The molecule has 0 fully saturated rings. The molecule has 0 saturated carbocycles. The zero-order chi connectivity index (χ0) is 54.7. The van der Waals surface area contributed by atoms with Crippen LogP contribution < -0.4 is 14.7 Å². The second kappa shape index (κ2) is 18.8. The third kappa shape index (κ3) is 8.30. The van der Waals surface area contributed by atoms with E-state index in [1.54, 1.807) is 0 Å². The van der Waals surface area contributed by atoms with Gasteiger partial charge in [-0.2, -0.15) is 0 Å². The molecule has 5 heteroatoms. The van der Waals surface area contributed by atoms with Gasteiger partial charge >= 0.3 is 0 Å². The number of furan rings is 2. The van der Waals surface area contributed by atoms with Gasteiger partial charge in [0.2, 0.25) is 0 Å². The molecule has 0 unspecified atom stereocenters. The summed E-state index contributed by atoms with van der Waals surface area (Å²) in [5.41, 5.74) is 28.4. The molecule has 388 valence electrons. The van der Waals surface area contributed by atoms with Gasteiger partial charge in [0, 0.05) is 61.7 Å². The normalized spacial score (nSPS) is 11.8. The lowest BCUT2D eigenvalue weighted by Gasteiger charge is -2.28. The molecule has 0 aliphatic carbocycles. The highest BCUT2D eigenvalue weighted by Crippen LogP contribution is 2.50. The van der Waals surface area contributed by atoms with Crippen molar-refractivity contribution in [1.82, 2.24) is 0 Å². The fourth-order valence-corrected chi connectivity index (χ4v) is 12.1. The highest BCUT2D eigenvalue weighted by atomic mass is 16.3. The summed E-state index contributed by atoms with van der Waals surface area (Å²) >= 11 is 0. The van der Waals surface area contributed by atoms with Crippen LogP contribution in [0, 0.1) is 83.1 Å². The molecule has 0 amide bonds. The fraction of sp³-hybridized carbons (Fsp3) is 0.162. The van der Waals surface area contributed by atoms with Gasteiger partial charge in [0.1, 0.15) is 16.7 Å². The average molecular weight is 1030 g/mol. The number of rotatable bonds is 9. The zero-order valence-corrected chi connectivity index (χ0v) is 47.4. The Balaban J connectivity index is 1.04. The van der Waals surface area contributed by atoms with Gasteiger partial charge in [-0.25, -0.2) is 0 Å². The molecule has 2 heterocycles. The topological polar surface area (TPSA) is 36.0 Å². The molecule has 13 rings (SSSR count). The second-order valence-electron chi connectivity index (χ2n) is 22.4. The average Bonchev–Trinajstić information content (AvgIpc) is 3.91. The van der Waals surface area contributed by atoms with Gasteiger partial charge in [-0.05, 0) is 299 Å². The van der Waals surface area contributed by atoms with Crippen molar-refractivity contribution in [1.29, 1.82) is 0 Å². The number of anilines is 9. The first-order valence-corrected chi connectivity index (χ1v) is 27.6. The predicted molar refractivity (Wildman–Crippen MR) is 337 cm³/mol. The minimum atomic E-state index is 0.762. The van der Waals surface area contributed by atoms with Gasteiger partial charge in [-0.1, -0.05) is 48.5 Å². The molecule has 5 nitrogen and oxygen atoms in total. The summed E-state index contributed by atoms with van der Waals surface area (Å²) < 4.78 is 14.6. The first-order chi connectivity index (χ1) is 38.1. The Morgan fingerprint density at radius 2 is 0.608 bits per heavy atom. The van der Waals surface area contributed by atoms with Crippen molar-refractivity contribution in [3.63, 3.8) is 0 Å². The zero-order valence-electron chi connectivity index (χ0n) is 47.4. The van der Waals surface area contributed by atoms with E-state index in [1.165, 1.54) is 66.8 Å². The van der Waals surface area contributed by atoms with Gasteiger partial charge < -0.3 is 23.5 Å². The number of fused-ring (bicyclic) bond motifs is 9. The predicted octanol–water partition coefficient (Wildman–Crippen LogP) is 21.9. The van der Waals surface area contributed by atoms with Crippen molar-refractivity contribution in [3.05, 3.63) is 243 Å². The fourth-order valence-electron chi connectivity index (χ4n) is 12.1. The van der Waals surface area contributed by atoms with Crippen LogP contribution in [0.5, 0.6) is 0 Å². The van der Waals surface area contributed by atoms with Crippen LogP contribution in [0.3, 0.4) is 0 Å². The molecule has 0 spiro atoms. The van der Waals surface area contributed by atoms with E-state index in [4.69, 9.17) is 8.83 Å². The van der Waals surface area contributed by atoms with Crippen LogP contribution in [-0.2, 0) is 0 Å². The lowest BCUT2D eigenvalue weighted by Crippen LogP contribution is -2.12. The number of nitrogens with zero attached hydrogens (tertiary/aromatic N) is 3. The quantitative estimate of drug-likeness (QED) is 0.144. The third-order valence-corrected chi connectivity index (χ3v) is 17.5. The number of aryl methyl sites for hydroxylation is 8. The van der Waals surface area contributed by atoms with Crippen molar-refractivity contribution >= 4 is 117 Å². The van der Waals surface area contributed by atoms with E-state index in [9.17, 15) is 0 Å². The highest BCUT2D eigenvalue weighted by molar-refractivity contribution is 6.27. The molecule has 0 aliphatic rings. The first kappa shape index (κ1) is 49.5. The number of para-hydroxylation sites is 2. The Kier molecular flexibility index (Phi) is 11.8. The molecule has 11 aromatic carbocycles. The lowest BCUT2D eigenvalue weighted by molar-refractivity contribution is 0.663. The molecule has 0 saturated heterocycles. The van der Waals surface area contributed by atoms with Gasteiger partial charge in [-0.15, -0.1) is 0 Å². The van der Waals surface area contributed by atoms with E-state index in [2.05, 4.69) is 274 Å². The minimum absolute atomic E-state index is 0.762. The van der Waals surface area contributed by atoms with Crippen LogP contribution >= 0.6 is 0 Å². The van der Waals surface area contributed by atoms with Crippen LogP contribution in [0.15, 0.2) is 185 Å². The van der Waals surface area contributed by atoms with Crippen molar-refractivity contribution in [2.24, 2.45) is 0 Å². The van der Waals surface area contributed by atoms with Crippen LogP contribution in [-0.4, -0.2) is 0 Å². The van der Waals surface area contributed by atoms with E-state index in [-0.39, 0.29) is 0 Å². The van der Waals surface area contributed by atoms with E-state index >= 15 is 0 Å². The molecular weight excluding hydrogens is 963 g/mol. The molecule has 79 heavy (non-hydrogen) atoms. The van der Waals surface area contributed by atoms with E-state index < -0.39 is 0 Å². The molecule has 13 aromatic rings. The van der Waals surface area contributed by atoms with Crippen LogP contribution in [0.4, 0.5) is 51.2 Å². The second-order valence-corrected chi connectivity index (χ2v) is 22.4. The smallest absolute Gasteiger partial charge is 0.163 e. The molecular formula is C74H65N3O2. The Bertz CT molecular complexity index is 4390. The van der Waals surface area contributed by atoms with Crippen LogP contribution in [0.25, 0.3) is 65.4 Å². The maximum Gasteiger partial charge on any atom is 0.163 e. The molecule has 2 aromatic heterocycles. The Hall–Kier alpha value is -9.06. The van der Waals surface area contributed by atoms with Crippen molar-refractivity contribution in [2.75, 3.05) is 14.7 Å². The third-order valence-electron chi connectivity index (χ3n) is 17.5. The first-order valence-electron chi connectivity index (χ1n) is 27.6. The molecule has 0 bridgehead atoms. The van der Waals surface area contributed by atoms with Gasteiger partial charge in [0.05, 0.1) is 11.1 Å². The lowest BCUT2D eigenvalue weighted by atomic mass is 9.99. The van der Waals surface area contributed by atoms with Crippen LogP contribution in [0.2, 0.25) is 0 Å². The molecule has 0 N–H and O–H groups in total. The Labute approximate surface area is 463 Å². The summed E-state index contributed by atoms with van der Waals surface area (Å²) in [6.45, 7) is 26.6. The summed E-state index contributed by atoms with van der Waals surface area (Å²) in [4.78, 5) is 7.14. The summed E-state index contributed by atoms with van der Waals surface area (Å²) in [7, 11) is 0. The van der Waals surface area contributed by atoms with Crippen LogP contribution in [0.1, 0.15) is 66.8 Å².